The van der Waals surface area contributed by atoms with Crippen LogP contribution < -0.4 is 24.8 Å². The average molecular weight is 413 g/mol. The van der Waals surface area contributed by atoms with E-state index < -0.39 is 0 Å². The molecule has 0 spiro atoms. The van der Waals surface area contributed by atoms with Crippen LogP contribution in [0.15, 0.2) is 47.5 Å². The van der Waals surface area contributed by atoms with Crippen LogP contribution >= 0.6 is 0 Å². The number of methoxy groups -OCH3 is 3. The molecular weight excluding hydrogens is 386 g/mol. The lowest BCUT2D eigenvalue weighted by Gasteiger charge is -2.16. The SMILES string of the molecule is COc1cc(OC)cc(C(=O)NC(=NCC2CCCO2)Nc2ccccc2OC)c1. The second-order valence-corrected chi connectivity index (χ2v) is 6.71. The van der Waals surface area contributed by atoms with E-state index in [0.717, 1.165) is 19.4 Å². The van der Waals surface area contributed by atoms with Crippen LogP contribution in [0.1, 0.15) is 23.2 Å². The van der Waals surface area contributed by atoms with Gasteiger partial charge in [-0.1, -0.05) is 12.1 Å². The van der Waals surface area contributed by atoms with E-state index in [0.29, 0.717) is 41.0 Å². The van der Waals surface area contributed by atoms with Gasteiger partial charge >= 0.3 is 0 Å². The van der Waals surface area contributed by atoms with Crippen molar-refractivity contribution in [3.63, 3.8) is 0 Å². The van der Waals surface area contributed by atoms with E-state index in [-0.39, 0.29) is 12.0 Å². The van der Waals surface area contributed by atoms with Crippen LogP contribution in [0.2, 0.25) is 0 Å². The molecule has 8 nitrogen and oxygen atoms in total. The number of guanidine groups is 1. The Balaban J connectivity index is 1.82. The average Bonchev–Trinajstić information content (AvgIpc) is 3.31. The Labute approximate surface area is 176 Å². The van der Waals surface area contributed by atoms with E-state index >= 15 is 0 Å². The molecule has 0 radical (unpaired) electrons. The van der Waals surface area contributed by atoms with Gasteiger partial charge in [0.25, 0.3) is 5.91 Å². The molecule has 1 fully saturated rings. The molecule has 2 aromatic carbocycles. The number of ether oxygens (including phenoxy) is 4. The lowest BCUT2D eigenvalue weighted by atomic mass is 10.2. The summed E-state index contributed by atoms with van der Waals surface area (Å²) >= 11 is 0. The monoisotopic (exact) mass is 413 g/mol. The van der Waals surface area contributed by atoms with Crippen LogP contribution in [0.3, 0.4) is 0 Å². The van der Waals surface area contributed by atoms with Crippen molar-refractivity contribution in [2.75, 3.05) is 39.8 Å². The van der Waals surface area contributed by atoms with Crippen molar-refractivity contribution in [3.8, 4) is 17.2 Å². The Morgan fingerprint density at radius 2 is 1.83 bits per heavy atom. The predicted octanol–water partition coefficient (Wildman–Crippen LogP) is 3.09. The number of rotatable bonds is 7. The molecule has 1 amide bonds. The van der Waals surface area contributed by atoms with Crippen molar-refractivity contribution < 1.29 is 23.7 Å². The first-order chi connectivity index (χ1) is 14.6. The summed E-state index contributed by atoms with van der Waals surface area (Å²) in [5.74, 6) is 1.65. The molecule has 0 aromatic heterocycles. The van der Waals surface area contributed by atoms with Crippen molar-refractivity contribution in [1.82, 2.24) is 5.32 Å². The van der Waals surface area contributed by atoms with Crippen molar-refractivity contribution in [2.24, 2.45) is 4.99 Å². The smallest absolute Gasteiger partial charge is 0.258 e. The first-order valence-corrected chi connectivity index (χ1v) is 9.73. The van der Waals surface area contributed by atoms with E-state index in [2.05, 4.69) is 15.6 Å². The minimum absolute atomic E-state index is 0.0493. The number of nitrogens with zero attached hydrogens (tertiary/aromatic N) is 1. The molecule has 1 heterocycles. The number of carbonyl (C=O) groups excluding carboxylic acids is 1. The van der Waals surface area contributed by atoms with Gasteiger partial charge in [-0.25, -0.2) is 4.99 Å². The zero-order valence-electron chi connectivity index (χ0n) is 17.4. The number of hydrogen-bond acceptors (Lipinski definition) is 6. The third-order valence-corrected chi connectivity index (χ3v) is 4.68. The highest BCUT2D eigenvalue weighted by Crippen LogP contribution is 2.24. The molecule has 1 saturated heterocycles. The third-order valence-electron chi connectivity index (χ3n) is 4.68. The highest BCUT2D eigenvalue weighted by atomic mass is 16.5. The van der Waals surface area contributed by atoms with Gasteiger partial charge in [0, 0.05) is 18.2 Å². The van der Waals surface area contributed by atoms with Gasteiger partial charge in [0.05, 0.1) is 39.7 Å². The normalized spacial score (nSPS) is 16.1. The first kappa shape index (κ1) is 21.4. The number of nitrogens with one attached hydrogen (secondary N) is 2. The molecule has 1 aliphatic rings. The maximum atomic E-state index is 12.9. The Morgan fingerprint density at radius 1 is 1.10 bits per heavy atom. The Kier molecular flexibility index (Phi) is 7.51. The van der Waals surface area contributed by atoms with Crippen LogP contribution in [-0.2, 0) is 4.74 Å². The summed E-state index contributed by atoms with van der Waals surface area (Å²) < 4.78 is 21.5. The minimum Gasteiger partial charge on any atom is -0.497 e. The highest BCUT2D eigenvalue weighted by molar-refractivity contribution is 6.10. The van der Waals surface area contributed by atoms with E-state index in [1.54, 1.807) is 25.3 Å². The van der Waals surface area contributed by atoms with Gasteiger partial charge in [-0.15, -0.1) is 0 Å². The number of para-hydroxylation sites is 2. The van der Waals surface area contributed by atoms with E-state index in [4.69, 9.17) is 18.9 Å². The quantitative estimate of drug-likeness (QED) is 0.536. The molecule has 160 valence electrons. The van der Waals surface area contributed by atoms with Crippen LogP contribution in [0.5, 0.6) is 17.2 Å². The largest absolute Gasteiger partial charge is 0.497 e. The van der Waals surface area contributed by atoms with Gasteiger partial charge in [0.2, 0.25) is 5.96 Å². The molecule has 30 heavy (non-hydrogen) atoms. The van der Waals surface area contributed by atoms with Gasteiger partial charge in [0.15, 0.2) is 0 Å². The maximum Gasteiger partial charge on any atom is 0.258 e. The first-order valence-electron chi connectivity index (χ1n) is 9.73. The second kappa shape index (κ2) is 10.5. The molecule has 0 saturated carbocycles. The Bertz CT molecular complexity index is 872. The molecule has 2 N–H and O–H groups in total. The molecule has 3 rings (SSSR count). The van der Waals surface area contributed by atoms with Crippen LogP contribution in [0.4, 0.5) is 5.69 Å². The van der Waals surface area contributed by atoms with E-state index in [1.807, 2.05) is 24.3 Å². The molecule has 0 bridgehead atoms. The van der Waals surface area contributed by atoms with Crippen molar-refractivity contribution >= 4 is 17.6 Å². The lowest BCUT2D eigenvalue weighted by molar-refractivity contribution is 0.0975. The summed E-state index contributed by atoms with van der Waals surface area (Å²) in [6.45, 7) is 1.19. The minimum atomic E-state index is -0.347. The van der Waals surface area contributed by atoms with Gasteiger partial charge in [-0.2, -0.15) is 0 Å². The number of aliphatic imine (C=N–C) groups is 1. The third kappa shape index (κ3) is 5.64. The van der Waals surface area contributed by atoms with Crippen molar-refractivity contribution in [1.29, 1.82) is 0 Å². The fourth-order valence-corrected chi connectivity index (χ4v) is 3.09. The lowest BCUT2D eigenvalue weighted by Crippen LogP contribution is -2.37. The fraction of sp³-hybridized carbons (Fsp3) is 0.364. The molecular formula is C22H27N3O5. The molecule has 1 aliphatic heterocycles. The Morgan fingerprint density at radius 3 is 2.47 bits per heavy atom. The summed E-state index contributed by atoms with van der Waals surface area (Å²) in [7, 11) is 4.66. The van der Waals surface area contributed by atoms with Crippen molar-refractivity contribution in [3.05, 3.63) is 48.0 Å². The summed E-state index contributed by atoms with van der Waals surface area (Å²) in [4.78, 5) is 17.5. The van der Waals surface area contributed by atoms with E-state index in [9.17, 15) is 4.79 Å². The van der Waals surface area contributed by atoms with Crippen LogP contribution in [0, 0.1) is 0 Å². The molecule has 1 atom stereocenters. The number of benzene rings is 2. The van der Waals surface area contributed by atoms with E-state index in [1.165, 1.54) is 14.2 Å². The zero-order chi connectivity index (χ0) is 21.3. The zero-order valence-corrected chi connectivity index (χ0v) is 17.4. The van der Waals surface area contributed by atoms with Gasteiger partial charge < -0.3 is 24.3 Å². The number of carbonyl (C=O) groups is 1. The summed E-state index contributed by atoms with van der Waals surface area (Å²) in [5, 5.41) is 5.99. The number of hydrogen-bond donors (Lipinski definition) is 2. The summed E-state index contributed by atoms with van der Waals surface area (Å²) in [5.41, 5.74) is 1.08. The molecule has 2 aromatic rings. The molecule has 8 heteroatoms. The summed E-state index contributed by atoms with van der Waals surface area (Å²) in [6.07, 6.45) is 2.02. The molecule has 1 unspecified atom stereocenters. The van der Waals surface area contributed by atoms with Crippen LogP contribution in [0.25, 0.3) is 0 Å². The highest BCUT2D eigenvalue weighted by Gasteiger charge is 2.17. The van der Waals surface area contributed by atoms with Crippen molar-refractivity contribution in [2.45, 2.75) is 18.9 Å². The molecule has 0 aliphatic carbocycles. The topological polar surface area (TPSA) is 90.4 Å². The van der Waals surface area contributed by atoms with Gasteiger partial charge in [0.1, 0.15) is 17.2 Å². The fourth-order valence-electron chi connectivity index (χ4n) is 3.09. The van der Waals surface area contributed by atoms with Gasteiger partial charge in [-0.05, 0) is 37.1 Å². The predicted molar refractivity (Wildman–Crippen MR) is 115 cm³/mol. The maximum absolute atomic E-state index is 12.9. The van der Waals surface area contributed by atoms with Gasteiger partial charge in [-0.3, -0.25) is 10.1 Å². The standard InChI is InChI=1S/C22H27N3O5/c1-27-17-11-15(12-18(13-17)28-2)21(26)25-22(23-14-16-7-6-10-30-16)24-19-8-4-5-9-20(19)29-3/h4-5,8-9,11-13,16H,6-7,10,14H2,1-3H3,(H2,23,24,25,26). The summed E-state index contributed by atoms with van der Waals surface area (Å²) in [6, 6.07) is 12.4. The van der Waals surface area contributed by atoms with Crippen LogP contribution in [-0.4, -0.2) is 52.5 Å². The Hall–Kier alpha value is -3.26. The second-order valence-electron chi connectivity index (χ2n) is 6.71. The number of amides is 1. The number of anilines is 1.